The summed E-state index contributed by atoms with van der Waals surface area (Å²) in [6.07, 6.45) is -0.779. The van der Waals surface area contributed by atoms with Crippen molar-refractivity contribution in [2.24, 2.45) is 11.8 Å². The fraction of sp³-hybridized carbons (Fsp3) is 0.667. The molecule has 2 nitrogen and oxygen atoms in total. The molecule has 6 heteroatoms. The molecular weight excluding hydrogens is 324 g/mol. The van der Waals surface area contributed by atoms with Crippen LogP contribution in [0.5, 0.6) is 5.75 Å². The Balaban J connectivity index is 1.82. The standard InChI is InChI=1S/C18H24F4O2/c1-2-13-6-8-14(9-7-13)11-23-16-5-3-4-15(10-16)17(19)24-12-18(20,21)22/h3-5,10,13-14,17H,2,6-9,11-12H2,1H3. The average molecular weight is 348 g/mol. The zero-order chi connectivity index (χ0) is 17.6. The van der Waals surface area contributed by atoms with E-state index in [4.69, 9.17) is 4.74 Å². The van der Waals surface area contributed by atoms with E-state index in [1.807, 2.05) is 0 Å². The second kappa shape index (κ2) is 8.70. The van der Waals surface area contributed by atoms with Gasteiger partial charge in [0.1, 0.15) is 12.4 Å². The first-order valence-electron chi connectivity index (χ1n) is 8.42. The van der Waals surface area contributed by atoms with Crippen LogP contribution in [0, 0.1) is 11.8 Å². The van der Waals surface area contributed by atoms with Crippen molar-refractivity contribution < 1.29 is 27.0 Å². The molecule has 0 N–H and O–H groups in total. The molecule has 1 aliphatic carbocycles. The predicted octanol–water partition coefficient (Wildman–Crippen LogP) is 5.83. The van der Waals surface area contributed by atoms with E-state index in [2.05, 4.69) is 11.7 Å². The van der Waals surface area contributed by atoms with Gasteiger partial charge in [-0.05, 0) is 36.8 Å². The monoisotopic (exact) mass is 348 g/mol. The Hall–Kier alpha value is -1.30. The minimum absolute atomic E-state index is 0.0337. The van der Waals surface area contributed by atoms with Crippen LogP contribution in [-0.4, -0.2) is 19.4 Å². The summed E-state index contributed by atoms with van der Waals surface area (Å²) in [5, 5.41) is 0. The molecule has 136 valence electrons. The number of hydrogen-bond donors (Lipinski definition) is 0. The van der Waals surface area contributed by atoms with Gasteiger partial charge in [-0.3, -0.25) is 0 Å². The van der Waals surface area contributed by atoms with Crippen LogP contribution < -0.4 is 4.74 Å². The Morgan fingerprint density at radius 1 is 1.12 bits per heavy atom. The lowest BCUT2D eigenvalue weighted by atomic mass is 9.81. The zero-order valence-corrected chi connectivity index (χ0v) is 13.8. The molecule has 0 saturated heterocycles. The normalized spacial score (nSPS) is 23.0. The summed E-state index contributed by atoms with van der Waals surface area (Å²) in [6.45, 7) is 1.15. The Kier molecular flexibility index (Phi) is 6.90. The minimum atomic E-state index is -4.55. The van der Waals surface area contributed by atoms with Crippen molar-refractivity contribution in [3.05, 3.63) is 29.8 Å². The van der Waals surface area contributed by atoms with Crippen molar-refractivity contribution in [3.8, 4) is 5.75 Å². The van der Waals surface area contributed by atoms with Crippen molar-refractivity contribution in [1.29, 1.82) is 0 Å². The highest BCUT2D eigenvalue weighted by Crippen LogP contribution is 2.31. The van der Waals surface area contributed by atoms with Crippen LogP contribution in [0.1, 0.15) is 50.9 Å². The number of ether oxygens (including phenoxy) is 2. The summed E-state index contributed by atoms with van der Waals surface area (Å²) in [5.41, 5.74) is 0.0337. The van der Waals surface area contributed by atoms with E-state index in [1.54, 1.807) is 12.1 Å². The fourth-order valence-electron chi connectivity index (χ4n) is 3.03. The Bertz CT molecular complexity index is 496. The van der Waals surface area contributed by atoms with Crippen LogP contribution >= 0.6 is 0 Å². The Labute approximate surface area is 140 Å². The lowest BCUT2D eigenvalue weighted by Crippen LogP contribution is -2.20. The number of halogens is 4. The molecule has 0 spiro atoms. The molecule has 1 fully saturated rings. The predicted molar refractivity (Wildman–Crippen MR) is 83.5 cm³/mol. The first kappa shape index (κ1) is 19.0. The molecule has 1 unspecified atom stereocenters. The lowest BCUT2D eigenvalue weighted by molar-refractivity contribution is -0.203. The van der Waals surface area contributed by atoms with Crippen LogP contribution in [0.4, 0.5) is 17.6 Å². The molecule has 0 bridgehead atoms. The van der Waals surface area contributed by atoms with Gasteiger partial charge in [0.2, 0.25) is 6.36 Å². The molecule has 1 aromatic carbocycles. The van der Waals surface area contributed by atoms with Crippen LogP contribution in [0.25, 0.3) is 0 Å². The second-order valence-corrected chi connectivity index (χ2v) is 6.42. The molecule has 1 saturated carbocycles. The minimum Gasteiger partial charge on any atom is -0.493 e. The van der Waals surface area contributed by atoms with Gasteiger partial charge < -0.3 is 9.47 Å². The maximum atomic E-state index is 13.7. The van der Waals surface area contributed by atoms with Gasteiger partial charge in [0, 0.05) is 5.56 Å². The summed E-state index contributed by atoms with van der Waals surface area (Å²) < 4.78 is 59.9. The molecule has 1 aliphatic rings. The van der Waals surface area contributed by atoms with Crippen LogP contribution in [-0.2, 0) is 4.74 Å². The fourth-order valence-corrected chi connectivity index (χ4v) is 3.03. The molecule has 24 heavy (non-hydrogen) atoms. The number of hydrogen-bond acceptors (Lipinski definition) is 2. The topological polar surface area (TPSA) is 18.5 Å². The van der Waals surface area contributed by atoms with Crippen molar-refractivity contribution in [3.63, 3.8) is 0 Å². The van der Waals surface area contributed by atoms with Crippen molar-refractivity contribution in [2.45, 2.75) is 51.6 Å². The SMILES string of the molecule is CCC1CCC(COc2cccc(C(F)OCC(F)(F)F)c2)CC1. The highest BCUT2D eigenvalue weighted by Gasteiger charge is 2.29. The molecule has 0 radical (unpaired) electrons. The van der Waals surface area contributed by atoms with Crippen molar-refractivity contribution >= 4 is 0 Å². The Morgan fingerprint density at radius 3 is 2.42 bits per heavy atom. The summed E-state index contributed by atoms with van der Waals surface area (Å²) in [7, 11) is 0. The van der Waals surface area contributed by atoms with E-state index in [1.165, 1.54) is 31.4 Å². The molecule has 1 atom stereocenters. The second-order valence-electron chi connectivity index (χ2n) is 6.42. The van der Waals surface area contributed by atoms with E-state index >= 15 is 0 Å². The molecule has 0 amide bonds. The van der Waals surface area contributed by atoms with E-state index in [0.29, 0.717) is 18.3 Å². The third-order valence-corrected chi connectivity index (χ3v) is 4.54. The van der Waals surface area contributed by atoms with Gasteiger partial charge in [0.05, 0.1) is 6.61 Å². The van der Waals surface area contributed by atoms with Gasteiger partial charge in [0.15, 0.2) is 0 Å². The van der Waals surface area contributed by atoms with E-state index in [9.17, 15) is 17.6 Å². The number of benzene rings is 1. The van der Waals surface area contributed by atoms with Gasteiger partial charge in [-0.2, -0.15) is 13.2 Å². The maximum Gasteiger partial charge on any atom is 0.411 e. The highest BCUT2D eigenvalue weighted by atomic mass is 19.4. The van der Waals surface area contributed by atoms with E-state index in [-0.39, 0.29) is 5.56 Å². The summed E-state index contributed by atoms with van der Waals surface area (Å²) in [5.74, 6) is 1.75. The maximum absolute atomic E-state index is 13.7. The number of rotatable bonds is 7. The van der Waals surface area contributed by atoms with E-state index in [0.717, 1.165) is 18.8 Å². The molecule has 0 heterocycles. The van der Waals surface area contributed by atoms with Crippen molar-refractivity contribution in [2.75, 3.05) is 13.2 Å². The van der Waals surface area contributed by atoms with Crippen LogP contribution in [0.3, 0.4) is 0 Å². The van der Waals surface area contributed by atoms with Gasteiger partial charge in [0.25, 0.3) is 0 Å². The Morgan fingerprint density at radius 2 is 1.79 bits per heavy atom. The van der Waals surface area contributed by atoms with Crippen LogP contribution in [0.2, 0.25) is 0 Å². The van der Waals surface area contributed by atoms with Crippen molar-refractivity contribution in [1.82, 2.24) is 0 Å². The highest BCUT2D eigenvalue weighted by molar-refractivity contribution is 5.29. The van der Waals surface area contributed by atoms with Gasteiger partial charge in [-0.25, -0.2) is 4.39 Å². The first-order chi connectivity index (χ1) is 11.4. The third kappa shape index (κ3) is 6.30. The van der Waals surface area contributed by atoms with E-state index < -0.39 is 19.1 Å². The van der Waals surface area contributed by atoms with Gasteiger partial charge in [-0.1, -0.05) is 38.3 Å². The molecule has 0 aromatic heterocycles. The summed E-state index contributed by atoms with van der Waals surface area (Å²) in [6, 6.07) is 6.03. The van der Waals surface area contributed by atoms with Crippen LogP contribution in [0.15, 0.2) is 24.3 Å². The van der Waals surface area contributed by atoms with Gasteiger partial charge in [-0.15, -0.1) is 0 Å². The van der Waals surface area contributed by atoms with Gasteiger partial charge >= 0.3 is 6.18 Å². The smallest absolute Gasteiger partial charge is 0.411 e. The summed E-state index contributed by atoms with van der Waals surface area (Å²) in [4.78, 5) is 0. The number of alkyl halides is 4. The lowest BCUT2D eigenvalue weighted by Gasteiger charge is -2.27. The third-order valence-electron chi connectivity index (χ3n) is 4.54. The molecular formula is C18H24F4O2. The quantitative estimate of drug-likeness (QED) is 0.577. The largest absolute Gasteiger partial charge is 0.493 e. The molecule has 0 aliphatic heterocycles. The summed E-state index contributed by atoms with van der Waals surface area (Å²) >= 11 is 0. The molecule has 1 aromatic rings. The average Bonchev–Trinajstić information content (AvgIpc) is 2.58. The molecule has 2 rings (SSSR count). The first-order valence-corrected chi connectivity index (χ1v) is 8.42. The zero-order valence-electron chi connectivity index (χ0n) is 13.8.